The Labute approximate surface area is 139 Å². The van der Waals surface area contributed by atoms with Crippen LogP contribution in [-0.2, 0) is 17.7 Å². The van der Waals surface area contributed by atoms with Gasteiger partial charge in [-0.05, 0) is 17.5 Å². The number of benzene rings is 1. The molecule has 1 unspecified atom stereocenters. The van der Waals surface area contributed by atoms with Crippen molar-refractivity contribution in [1.29, 1.82) is 0 Å². The fraction of sp³-hybridized carbons (Fsp3) is 0.333. The molecule has 0 saturated heterocycles. The van der Waals surface area contributed by atoms with Crippen molar-refractivity contribution in [2.45, 2.75) is 19.1 Å². The summed E-state index contributed by atoms with van der Waals surface area (Å²) in [6.07, 6.45) is 2.74. The van der Waals surface area contributed by atoms with Gasteiger partial charge >= 0.3 is 0 Å². The Balaban J connectivity index is 1.59. The summed E-state index contributed by atoms with van der Waals surface area (Å²) in [7, 11) is 1.75. The summed E-state index contributed by atoms with van der Waals surface area (Å²) in [4.78, 5) is 19.0. The van der Waals surface area contributed by atoms with Gasteiger partial charge in [0.15, 0.2) is 5.65 Å². The zero-order chi connectivity index (χ0) is 16.5. The smallest absolute Gasteiger partial charge is 0.272 e. The van der Waals surface area contributed by atoms with E-state index in [-0.39, 0.29) is 11.7 Å². The maximum absolute atomic E-state index is 12.1. The molecule has 0 bridgehead atoms. The van der Waals surface area contributed by atoms with Crippen LogP contribution >= 0.6 is 0 Å². The van der Waals surface area contributed by atoms with Crippen LogP contribution in [0.15, 0.2) is 47.4 Å². The first kappa shape index (κ1) is 15.1. The zero-order valence-corrected chi connectivity index (χ0v) is 13.6. The lowest BCUT2D eigenvalue weighted by Gasteiger charge is -2.23. The van der Waals surface area contributed by atoms with E-state index in [4.69, 9.17) is 4.74 Å². The minimum atomic E-state index is -0.0820. The van der Waals surface area contributed by atoms with E-state index in [1.807, 2.05) is 0 Å². The zero-order valence-electron chi connectivity index (χ0n) is 13.6. The van der Waals surface area contributed by atoms with Gasteiger partial charge < -0.3 is 4.74 Å². The molecular weight excluding hydrogens is 304 g/mol. The monoisotopic (exact) mass is 324 g/mol. The van der Waals surface area contributed by atoms with Crippen molar-refractivity contribution >= 4 is 5.65 Å². The van der Waals surface area contributed by atoms with Crippen molar-refractivity contribution in [1.82, 2.24) is 19.5 Å². The summed E-state index contributed by atoms with van der Waals surface area (Å²) in [5.74, 6) is 0. The summed E-state index contributed by atoms with van der Waals surface area (Å²) < 4.78 is 7.16. The minimum absolute atomic E-state index is 0.0424. The van der Waals surface area contributed by atoms with Gasteiger partial charge in [0.05, 0.1) is 11.8 Å². The number of nitrogens with one attached hydrogen (secondary N) is 1. The van der Waals surface area contributed by atoms with Gasteiger partial charge in [0.1, 0.15) is 0 Å². The molecule has 24 heavy (non-hydrogen) atoms. The Hall–Kier alpha value is -2.44. The molecule has 3 aromatic rings. The lowest BCUT2D eigenvalue weighted by Crippen LogP contribution is -2.30. The van der Waals surface area contributed by atoms with E-state index < -0.39 is 0 Å². The molecule has 1 aliphatic rings. The number of nitrogens with zero attached hydrogens (tertiary/aromatic N) is 3. The number of hydrogen-bond donors (Lipinski definition) is 1. The van der Waals surface area contributed by atoms with Gasteiger partial charge in [-0.3, -0.25) is 14.8 Å². The molecule has 1 atom stereocenters. The highest BCUT2D eigenvalue weighted by Gasteiger charge is 2.23. The molecule has 0 radical (unpaired) electrons. The molecule has 6 nitrogen and oxygen atoms in total. The molecule has 1 aromatic carbocycles. The van der Waals surface area contributed by atoms with E-state index in [1.54, 1.807) is 25.4 Å². The molecule has 2 aromatic heterocycles. The lowest BCUT2D eigenvalue weighted by atomic mass is 10.0. The van der Waals surface area contributed by atoms with Gasteiger partial charge in [0, 0.05) is 45.1 Å². The molecule has 6 heteroatoms. The van der Waals surface area contributed by atoms with Gasteiger partial charge in [-0.2, -0.15) is 0 Å². The number of ether oxygens (including phenoxy) is 1. The Bertz CT molecular complexity index is 915. The molecule has 1 aliphatic heterocycles. The van der Waals surface area contributed by atoms with Gasteiger partial charge in [-0.25, -0.2) is 9.50 Å². The van der Waals surface area contributed by atoms with Gasteiger partial charge in [-0.1, -0.05) is 24.3 Å². The third-order valence-corrected chi connectivity index (χ3v) is 4.63. The van der Waals surface area contributed by atoms with E-state index in [1.165, 1.54) is 15.6 Å². The maximum atomic E-state index is 12.1. The molecule has 0 spiro atoms. The van der Waals surface area contributed by atoms with Crippen molar-refractivity contribution in [2.75, 3.05) is 20.2 Å². The predicted molar refractivity (Wildman–Crippen MR) is 91.0 cm³/mol. The second kappa shape index (κ2) is 6.22. The number of methoxy groups -OCH3 is 1. The van der Waals surface area contributed by atoms with Crippen LogP contribution in [0.25, 0.3) is 5.65 Å². The largest absolute Gasteiger partial charge is 0.375 e. The molecule has 124 valence electrons. The third-order valence-electron chi connectivity index (χ3n) is 4.63. The van der Waals surface area contributed by atoms with E-state index in [2.05, 4.69) is 39.2 Å². The molecule has 3 heterocycles. The Kier molecular flexibility index (Phi) is 3.92. The van der Waals surface area contributed by atoms with Crippen LogP contribution in [-0.4, -0.2) is 39.7 Å². The fourth-order valence-corrected chi connectivity index (χ4v) is 3.41. The van der Waals surface area contributed by atoms with E-state index in [0.717, 1.165) is 25.2 Å². The second-order valence-corrected chi connectivity index (χ2v) is 6.15. The van der Waals surface area contributed by atoms with Crippen LogP contribution in [0.5, 0.6) is 0 Å². The topological polar surface area (TPSA) is 62.6 Å². The molecular formula is C18H20N4O2. The van der Waals surface area contributed by atoms with Gasteiger partial charge in [-0.15, -0.1) is 0 Å². The first-order valence-corrected chi connectivity index (χ1v) is 8.13. The van der Waals surface area contributed by atoms with Crippen LogP contribution < -0.4 is 5.56 Å². The maximum Gasteiger partial charge on any atom is 0.272 e. The summed E-state index contributed by atoms with van der Waals surface area (Å²) in [6.45, 7) is 2.36. The number of H-pyrrole nitrogens is 1. The Morgan fingerprint density at radius 2 is 2.21 bits per heavy atom. The van der Waals surface area contributed by atoms with Crippen molar-refractivity contribution in [3.8, 4) is 0 Å². The number of fused-ring (bicyclic) bond motifs is 2. The van der Waals surface area contributed by atoms with Crippen LogP contribution in [0, 0.1) is 0 Å². The number of hydrogen-bond acceptors (Lipinski definition) is 4. The van der Waals surface area contributed by atoms with Crippen LogP contribution in [0.2, 0.25) is 0 Å². The van der Waals surface area contributed by atoms with E-state index in [0.29, 0.717) is 12.2 Å². The molecule has 1 N–H and O–H groups in total. The highest BCUT2D eigenvalue weighted by Crippen LogP contribution is 2.26. The highest BCUT2D eigenvalue weighted by molar-refractivity contribution is 5.36. The normalized spacial score (nSPS) is 18.5. The fourth-order valence-electron chi connectivity index (χ4n) is 3.41. The van der Waals surface area contributed by atoms with E-state index in [9.17, 15) is 4.79 Å². The minimum Gasteiger partial charge on any atom is -0.375 e. The standard InChI is InChI=1S/C18H20N4O2/c1-24-16-12-21(9-7-13-4-2-3-5-15(13)16)11-14-10-18(23)22-17(20-14)6-8-19-22/h2-6,8,10,16,19H,7,9,11-12H2,1H3. The van der Waals surface area contributed by atoms with E-state index >= 15 is 0 Å². The molecule has 4 rings (SSSR count). The van der Waals surface area contributed by atoms with Crippen LogP contribution in [0.1, 0.15) is 22.9 Å². The van der Waals surface area contributed by atoms with Crippen molar-refractivity contribution in [3.63, 3.8) is 0 Å². The Morgan fingerprint density at radius 3 is 3.08 bits per heavy atom. The average Bonchev–Trinajstić information content (AvgIpc) is 2.99. The summed E-state index contributed by atoms with van der Waals surface area (Å²) in [5, 5.41) is 2.86. The average molecular weight is 324 g/mol. The SMILES string of the molecule is COC1CN(Cc2cc(=O)n3[nH]ccc3n2)CCc2ccccc21. The summed E-state index contributed by atoms with van der Waals surface area (Å²) in [5.41, 5.74) is 3.96. The quantitative estimate of drug-likeness (QED) is 0.797. The summed E-state index contributed by atoms with van der Waals surface area (Å²) in [6, 6.07) is 11.8. The first-order chi connectivity index (χ1) is 11.7. The number of aromatic nitrogens is 3. The second-order valence-electron chi connectivity index (χ2n) is 6.15. The molecule has 0 fully saturated rings. The van der Waals surface area contributed by atoms with Crippen LogP contribution in [0.4, 0.5) is 0 Å². The van der Waals surface area contributed by atoms with Crippen molar-refractivity contribution in [2.24, 2.45) is 0 Å². The third kappa shape index (κ3) is 2.74. The molecule has 0 saturated carbocycles. The number of rotatable bonds is 3. The first-order valence-electron chi connectivity index (χ1n) is 8.13. The Morgan fingerprint density at radius 1 is 1.33 bits per heavy atom. The van der Waals surface area contributed by atoms with Gasteiger partial charge in [0.25, 0.3) is 5.56 Å². The molecule has 0 aliphatic carbocycles. The molecule has 0 amide bonds. The summed E-state index contributed by atoms with van der Waals surface area (Å²) >= 11 is 0. The lowest BCUT2D eigenvalue weighted by molar-refractivity contribution is 0.0656. The van der Waals surface area contributed by atoms with Crippen molar-refractivity contribution < 1.29 is 4.74 Å². The van der Waals surface area contributed by atoms with Gasteiger partial charge in [0.2, 0.25) is 0 Å². The predicted octanol–water partition coefficient (Wildman–Crippen LogP) is 1.77. The highest BCUT2D eigenvalue weighted by atomic mass is 16.5. The van der Waals surface area contributed by atoms with Crippen molar-refractivity contribution in [3.05, 3.63) is 69.8 Å². The number of aromatic amines is 1. The van der Waals surface area contributed by atoms with Crippen LogP contribution in [0.3, 0.4) is 0 Å².